The molecule has 2 rings (SSSR count). The first kappa shape index (κ1) is 15.7. The van der Waals surface area contributed by atoms with E-state index in [4.69, 9.17) is 4.98 Å². The molecule has 0 unspecified atom stereocenters. The molecule has 0 amide bonds. The summed E-state index contributed by atoms with van der Waals surface area (Å²) in [5.74, 6) is 1.78. The van der Waals surface area contributed by atoms with Crippen molar-refractivity contribution < 1.29 is 0 Å². The van der Waals surface area contributed by atoms with E-state index in [1.807, 2.05) is 0 Å². The van der Waals surface area contributed by atoms with Gasteiger partial charge in [-0.05, 0) is 25.3 Å². The predicted molar refractivity (Wildman–Crippen MR) is 86.7 cm³/mol. The Labute approximate surface area is 127 Å². The zero-order valence-corrected chi connectivity index (χ0v) is 14.3. The molecule has 0 bridgehead atoms. The molecule has 0 aromatic carbocycles. The Hall–Kier alpha value is -0.680. The van der Waals surface area contributed by atoms with Gasteiger partial charge in [0.25, 0.3) is 0 Å². The molecular weight excluding hydrogens is 268 g/mol. The Morgan fingerprint density at radius 3 is 2.45 bits per heavy atom. The number of nitrogens with zero attached hydrogens (tertiary/aromatic N) is 3. The molecule has 1 N–H and O–H groups in total. The van der Waals surface area contributed by atoms with Gasteiger partial charge < -0.3 is 10.2 Å². The van der Waals surface area contributed by atoms with Gasteiger partial charge >= 0.3 is 0 Å². The van der Waals surface area contributed by atoms with E-state index in [1.54, 1.807) is 11.5 Å². The summed E-state index contributed by atoms with van der Waals surface area (Å²) < 4.78 is 4.52. The van der Waals surface area contributed by atoms with Crippen LogP contribution in [-0.2, 0) is 5.41 Å². The average molecular weight is 296 g/mol. The fraction of sp³-hybridized carbons (Fsp3) is 0.867. The number of rotatable bonds is 4. The summed E-state index contributed by atoms with van der Waals surface area (Å²) >= 11 is 1.55. The van der Waals surface area contributed by atoms with Crippen molar-refractivity contribution in [3.63, 3.8) is 0 Å². The van der Waals surface area contributed by atoms with Crippen LogP contribution in [-0.4, -0.2) is 35.0 Å². The van der Waals surface area contributed by atoms with Crippen molar-refractivity contribution >= 4 is 16.7 Å². The van der Waals surface area contributed by atoms with Crippen LogP contribution in [0.4, 0.5) is 5.13 Å². The molecule has 5 heteroatoms. The van der Waals surface area contributed by atoms with Gasteiger partial charge in [-0.2, -0.15) is 4.37 Å². The summed E-state index contributed by atoms with van der Waals surface area (Å²) in [4.78, 5) is 7.12. The highest BCUT2D eigenvalue weighted by Gasteiger charge is 2.24. The third-order valence-corrected chi connectivity index (χ3v) is 4.56. The minimum absolute atomic E-state index is 0.0499. The van der Waals surface area contributed by atoms with Crippen molar-refractivity contribution in [3.05, 3.63) is 5.82 Å². The predicted octanol–water partition coefficient (Wildman–Crippen LogP) is 3.05. The molecule has 0 radical (unpaired) electrons. The van der Waals surface area contributed by atoms with Gasteiger partial charge in [-0.25, -0.2) is 4.98 Å². The van der Waals surface area contributed by atoms with E-state index in [2.05, 4.69) is 49.2 Å². The zero-order chi connectivity index (χ0) is 14.8. The van der Waals surface area contributed by atoms with Gasteiger partial charge in [-0.15, -0.1) is 0 Å². The van der Waals surface area contributed by atoms with Crippen LogP contribution in [0.1, 0.15) is 53.3 Å². The highest BCUT2D eigenvalue weighted by Crippen LogP contribution is 2.28. The Morgan fingerprint density at radius 1 is 1.30 bits per heavy atom. The first-order chi connectivity index (χ1) is 9.36. The highest BCUT2D eigenvalue weighted by molar-refractivity contribution is 7.09. The van der Waals surface area contributed by atoms with Gasteiger partial charge in [-0.1, -0.05) is 34.6 Å². The van der Waals surface area contributed by atoms with E-state index in [0.717, 1.165) is 36.5 Å². The fourth-order valence-electron chi connectivity index (χ4n) is 2.38. The summed E-state index contributed by atoms with van der Waals surface area (Å²) in [7, 11) is 0. The van der Waals surface area contributed by atoms with E-state index in [9.17, 15) is 0 Å². The molecule has 1 aliphatic heterocycles. The molecule has 1 saturated heterocycles. The van der Waals surface area contributed by atoms with Gasteiger partial charge in [0, 0.05) is 36.1 Å². The Morgan fingerprint density at radius 2 is 1.95 bits per heavy atom. The average Bonchev–Trinajstić information content (AvgIpc) is 2.86. The molecule has 1 aromatic rings. The van der Waals surface area contributed by atoms with Crippen molar-refractivity contribution in [1.29, 1.82) is 0 Å². The van der Waals surface area contributed by atoms with Crippen LogP contribution in [0.2, 0.25) is 0 Å². The molecule has 1 aliphatic rings. The monoisotopic (exact) mass is 296 g/mol. The molecular formula is C15H28N4S. The smallest absolute Gasteiger partial charge is 0.205 e. The summed E-state index contributed by atoms with van der Waals surface area (Å²) in [6.45, 7) is 14.3. The zero-order valence-electron chi connectivity index (χ0n) is 13.4. The van der Waals surface area contributed by atoms with Crippen LogP contribution in [0.15, 0.2) is 0 Å². The fourth-order valence-corrected chi connectivity index (χ4v) is 3.29. The van der Waals surface area contributed by atoms with Crippen LogP contribution < -0.4 is 10.2 Å². The summed E-state index contributed by atoms with van der Waals surface area (Å²) in [5, 5.41) is 4.65. The second-order valence-corrected chi connectivity index (χ2v) is 7.87. The Kier molecular flexibility index (Phi) is 5.02. The van der Waals surface area contributed by atoms with Crippen molar-refractivity contribution in [2.24, 2.45) is 5.92 Å². The van der Waals surface area contributed by atoms with E-state index in [-0.39, 0.29) is 5.41 Å². The van der Waals surface area contributed by atoms with Gasteiger partial charge in [0.05, 0.1) is 0 Å². The van der Waals surface area contributed by atoms with E-state index in [0.29, 0.717) is 6.04 Å². The molecule has 2 heterocycles. The lowest BCUT2D eigenvalue weighted by Crippen LogP contribution is -2.38. The maximum atomic E-state index is 4.72. The quantitative estimate of drug-likeness (QED) is 0.927. The largest absolute Gasteiger partial charge is 0.347 e. The van der Waals surface area contributed by atoms with Crippen molar-refractivity contribution in [1.82, 2.24) is 14.7 Å². The van der Waals surface area contributed by atoms with Crippen LogP contribution in [0.25, 0.3) is 0 Å². The lowest BCUT2D eigenvalue weighted by molar-refractivity contribution is 0.370. The Bertz CT molecular complexity index is 414. The van der Waals surface area contributed by atoms with Gasteiger partial charge in [0.1, 0.15) is 5.82 Å². The first-order valence-corrected chi connectivity index (χ1v) is 8.46. The summed E-state index contributed by atoms with van der Waals surface area (Å²) in [5.41, 5.74) is 0.0499. The van der Waals surface area contributed by atoms with Crippen molar-refractivity contribution in [2.45, 2.75) is 58.9 Å². The van der Waals surface area contributed by atoms with E-state index in [1.165, 1.54) is 12.8 Å². The Balaban J connectivity index is 1.86. The van der Waals surface area contributed by atoms with Gasteiger partial charge in [-0.3, -0.25) is 0 Å². The molecule has 0 aliphatic carbocycles. The van der Waals surface area contributed by atoms with Crippen LogP contribution in [0.3, 0.4) is 0 Å². The second kappa shape index (κ2) is 6.39. The number of nitrogens with one attached hydrogen (secondary N) is 1. The van der Waals surface area contributed by atoms with E-state index < -0.39 is 0 Å². The minimum Gasteiger partial charge on any atom is -0.347 e. The molecule has 4 nitrogen and oxygen atoms in total. The molecule has 1 aromatic heterocycles. The van der Waals surface area contributed by atoms with Crippen molar-refractivity contribution in [2.75, 3.05) is 24.5 Å². The number of piperidine rings is 1. The van der Waals surface area contributed by atoms with E-state index >= 15 is 0 Å². The maximum absolute atomic E-state index is 4.72. The van der Waals surface area contributed by atoms with Crippen LogP contribution >= 0.6 is 11.5 Å². The highest BCUT2D eigenvalue weighted by atomic mass is 32.1. The lowest BCUT2D eigenvalue weighted by atomic mass is 9.96. The number of hydrogen-bond donors (Lipinski definition) is 1. The van der Waals surface area contributed by atoms with Gasteiger partial charge in [0.2, 0.25) is 5.13 Å². The normalized spacial score (nSPS) is 18.0. The number of aromatic nitrogens is 2. The molecule has 0 spiro atoms. The third kappa shape index (κ3) is 4.16. The SMILES string of the molecule is CC(C)NCC1CCN(c2nc(C(C)(C)C)ns2)CC1. The molecule has 114 valence electrons. The second-order valence-electron chi connectivity index (χ2n) is 7.14. The van der Waals surface area contributed by atoms with Crippen LogP contribution in [0.5, 0.6) is 0 Å². The molecule has 0 saturated carbocycles. The molecule has 20 heavy (non-hydrogen) atoms. The van der Waals surface area contributed by atoms with Crippen LogP contribution in [0, 0.1) is 5.92 Å². The number of hydrogen-bond acceptors (Lipinski definition) is 5. The third-order valence-electron chi connectivity index (χ3n) is 3.79. The van der Waals surface area contributed by atoms with Gasteiger partial charge in [0.15, 0.2) is 0 Å². The first-order valence-electron chi connectivity index (χ1n) is 7.69. The summed E-state index contributed by atoms with van der Waals surface area (Å²) in [6.07, 6.45) is 2.51. The van der Waals surface area contributed by atoms with Crippen molar-refractivity contribution in [3.8, 4) is 0 Å². The molecule has 0 atom stereocenters. The summed E-state index contributed by atoms with van der Waals surface area (Å²) in [6, 6.07) is 0.588. The molecule has 1 fully saturated rings. The lowest BCUT2D eigenvalue weighted by Gasteiger charge is -2.32. The number of anilines is 1. The maximum Gasteiger partial charge on any atom is 0.205 e. The standard InChI is InChI=1S/C15H28N4S/c1-11(2)16-10-12-6-8-19(9-7-12)14-17-13(18-20-14)15(3,4)5/h11-12,16H,6-10H2,1-5H3. The minimum atomic E-state index is 0.0499. The topological polar surface area (TPSA) is 41.0 Å².